The largest absolute Gasteiger partial charge is 0.454 e. The second kappa shape index (κ2) is 38.0. The number of aromatic nitrogens is 16. The third-order valence-corrected chi connectivity index (χ3v) is 21.2. The number of carbonyl (C=O) groups is 4. The summed E-state index contributed by atoms with van der Waals surface area (Å²) in [6, 6.07) is 5.85. The number of carbonyl (C=O) groups excluding carboxylic acids is 4. The summed E-state index contributed by atoms with van der Waals surface area (Å²) in [6.45, 7) is 31.4. The van der Waals surface area contributed by atoms with E-state index in [1.165, 1.54) is 49.8 Å². The number of hydrogen-bond acceptors (Lipinski definition) is 27. The third-order valence-electron chi connectivity index (χ3n) is 19.2. The second-order valence-corrected chi connectivity index (χ2v) is 34.8. The van der Waals surface area contributed by atoms with Gasteiger partial charge in [-0.25, -0.2) is 79.0 Å². The first kappa shape index (κ1) is 85.0. The molecule has 0 saturated carbocycles. The van der Waals surface area contributed by atoms with Crippen molar-refractivity contribution < 1.29 is 47.6 Å². The Bertz CT molecular complexity index is 4620. The molecule has 14 rings (SSSR count). The smallest absolute Gasteiger partial charge is 0.410 e. The molecule has 608 valence electrons. The van der Waals surface area contributed by atoms with E-state index in [9.17, 15) is 19.2 Å². The summed E-state index contributed by atoms with van der Waals surface area (Å²) in [5, 5.41) is 1.86. The number of nitrogen functional groups attached to an aromatic ring is 4. The Kier molecular flexibility index (Phi) is 28.8. The van der Waals surface area contributed by atoms with Crippen molar-refractivity contribution in [2.24, 2.45) is 23.7 Å². The first-order valence-electron chi connectivity index (χ1n) is 38.1. The van der Waals surface area contributed by atoms with Gasteiger partial charge in [-0.2, -0.15) is 0 Å². The van der Waals surface area contributed by atoms with Crippen LogP contribution in [-0.2, 0) is 38.6 Å². The molecule has 0 bridgehead atoms. The van der Waals surface area contributed by atoms with Gasteiger partial charge in [-0.15, -0.1) is 0 Å². The Morgan fingerprint density at radius 1 is 0.482 bits per heavy atom. The number of rotatable bonds is 13. The average molecular weight is 1700 g/mol. The van der Waals surface area contributed by atoms with Crippen molar-refractivity contribution in [2.75, 3.05) is 87.4 Å². The molecule has 4 saturated heterocycles. The van der Waals surface area contributed by atoms with Crippen LogP contribution in [-0.4, -0.2) is 209 Å². The SMILES string of the molecule is CC(C)(C)OC(=O)N1CCC(CCBr)CC1.CC(C)(C)OC(=O)N1CCC(CCn2c(Br)nc3c(N)ncnc32)CC1.CC(C)(C)OC(=O)N1CCC(CCn2c(Sc3ccc4c(c3)OCO4)nc3c(N)ncnc32)CC1.CC(C)(C)OC(=O)N1CCC(CCn2cnc3c(N)ncnc32)CC1.Nc1ncnc2nc[nH]c12. The average Bonchev–Trinajstić information content (AvgIpc) is 1.64. The zero-order valence-corrected chi connectivity index (χ0v) is 70.2. The van der Waals surface area contributed by atoms with Crippen LogP contribution in [0.25, 0.3) is 44.7 Å². The van der Waals surface area contributed by atoms with Crippen LogP contribution >= 0.6 is 43.6 Å². The zero-order chi connectivity index (χ0) is 80.7. The lowest BCUT2D eigenvalue weighted by Crippen LogP contribution is -2.41. The molecule has 0 radical (unpaired) electrons. The molecule has 5 aliphatic heterocycles. The van der Waals surface area contributed by atoms with E-state index in [1.54, 1.807) is 11.2 Å². The highest BCUT2D eigenvalue weighted by atomic mass is 79.9. The van der Waals surface area contributed by atoms with Gasteiger partial charge in [0.05, 0.1) is 12.7 Å². The Morgan fingerprint density at radius 3 is 1.35 bits per heavy atom. The number of imidazole rings is 4. The number of nitrogens with two attached hydrogens (primary N) is 4. The summed E-state index contributed by atoms with van der Waals surface area (Å²) in [5.74, 6) is 5.47. The minimum absolute atomic E-state index is 0.162. The van der Waals surface area contributed by atoms with Crippen LogP contribution in [0, 0.1) is 23.7 Å². The van der Waals surface area contributed by atoms with Gasteiger partial charge >= 0.3 is 24.4 Å². The van der Waals surface area contributed by atoms with Crippen molar-refractivity contribution in [1.29, 1.82) is 0 Å². The standard InChI is InChI=1S/C24H30N6O4S.C17H25BrN6O2.C17H26N6O2.C12H22BrNO2.C5H5N5/c1-24(2,3)34-23(31)29-9-6-15(7-10-29)8-11-30-21-19(20(25)26-13-27-21)28-22(30)35-16-4-5-17-18(12-16)33-14-32-17;1-17(2,3)26-16(25)23-7-4-11(5-8-23)6-9-24-14-12(22-15(24)18)13(19)20-10-21-14;1-17(2,3)25-16(24)22-7-4-12(5-8-22)6-9-23-11-21-13-14(18)19-10-20-15(13)23;1-12(2,3)16-11(15)14-8-5-10(4-7-13)6-9-14;6-4-3-5(9-1-7-3)10-2-8-4/h4-5,12-13,15H,6-11,14H2,1-3H3,(H2,25,26,27);10-11H,4-9H2,1-3H3,(H2,19,20,21);10-12H,4-9H2,1-3H3,(H2,18,19,20);10H,4-9H2,1-3H3;1-2H,(H3,6,7,8,9,10). The molecule has 13 heterocycles. The molecule has 8 aromatic heterocycles. The van der Waals surface area contributed by atoms with Gasteiger partial charge in [-0.3, -0.25) is 0 Å². The van der Waals surface area contributed by atoms with E-state index < -0.39 is 16.8 Å². The highest BCUT2D eigenvalue weighted by molar-refractivity contribution is 9.10. The number of nitrogens with zero attached hydrogens (tertiary/aromatic N) is 19. The first-order chi connectivity index (χ1) is 53.1. The van der Waals surface area contributed by atoms with E-state index in [0.29, 0.717) is 86.6 Å². The number of halogens is 2. The van der Waals surface area contributed by atoms with Crippen LogP contribution in [0.1, 0.15) is 160 Å². The first-order valence-corrected chi connectivity index (χ1v) is 40.8. The number of amides is 4. The van der Waals surface area contributed by atoms with Gasteiger partial charge in [0, 0.05) is 82.2 Å². The third kappa shape index (κ3) is 24.3. The predicted molar refractivity (Wildman–Crippen MR) is 434 cm³/mol. The Balaban J connectivity index is 0.000000156. The summed E-state index contributed by atoms with van der Waals surface area (Å²) < 4.78 is 39.6. The molecule has 112 heavy (non-hydrogen) atoms. The van der Waals surface area contributed by atoms with Crippen molar-refractivity contribution in [3.8, 4) is 11.5 Å². The van der Waals surface area contributed by atoms with Crippen molar-refractivity contribution in [2.45, 2.75) is 212 Å². The van der Waals surface area contributed by atoms with E-state index >= 15 is 0 Å². The lowest BCUT2D eigenvalue weighted by molar-refractivity contribution is 0.0169. The lowest BCUT2D eigenvalue weighted by atomic mass is 9.94. The molecule has 4 amide bonds. The van der Waals surface area contributed by atoms with Crippen LogP contribution in [0.2, 0.25) is 0 Å². The normalized spacial score (nSPS) is 16.1. The quantitative estimate of drug-likeness (QED) is 0.0406. The maximum Gasteiger partial charge on any atom is 0.410 e. The van der Waals surface area contributed by atoms with Gasteiger partial charge in [0.25, 0.3) is 0 Å². The second-order valence-electron chi connectivity index (χ2n) is 32.3. The van der Waals surface area contributed by atoms with Crippen LogP contribution in [0.5, 0.6) is 11.5 Å². The number of fused-ring (bicyclic) bond motifs is 5. The fourth-order valence-corrected chi connectivity index (χ4v) is 15.4. The number of piperidine rings is 4. The topological polar surface area (TPSA) is 426 Å². The number of alkyl halides is 1. The van der Waals surface area contributed by atoms with Gasteiger partial charge < -0.3 is 89.6 Å². The van der Waals surface area contributed by atoms with Crippen LogP contribution in [0.4, 0.5) is 42.4 Å². The Hall–Kier alpha value is -9.39. The molecular formula is C75H108Br2N24O10S. The highest BCUT2D eigenvalue weighted by Gasteiger charge is 2.32. The number of H-pyrrole nitrogens is 1. The molecule has 1 aromatic carbocycles. The van der Waals surface area contributed by atoms with Crippen LogP contribution in [0.15, 0.2) is 70.9 Å². The van der Waals surface area contributed by atoms with Crippen LogP contribution in [0.3, 0.4) is 0 Å². The minimum Gasteiger partial charge on any atom is -0.454 e. The van der Waals surface area contributed by atoms with E-state index in [1.807, 2.05) is 125 Å². The number of benzene rings is 1. The number of nitrogens with one attached hydrogen (secondary N) is 1. The van der Waals surface area contributed by atoms with E-state index in [2.05, 4.69) is 96.2 Å². The minimum atomic E-state index is -0.480. The maximum absolute atomic E-state index is 12.4. The fraction of sp³-hybridized carbons (Fsp3) is 0.600. The maximum atomic E-state index is 12.4. The molecule has 9 aromatic rings. The van der Waals surface area contributed by atoms with Gasteiger partial charge in [0.2, 0.25) is 6.79 Å². The molecule has 37 heteroatoms. The monoisotopic (exact) mass is 1690 g/mol. The van der Waals surface area contributed by atoms with E-state index in [4.69, 9.17) is 56.3 Å². The molecule has 0 aliphatic carbocycles. The molecule has 5 aliphatic rings. The summed E-state index contributed by atoms with van der Waals surface area (Å²) in [6.07, 6.45) is 20.5. The number of aryl methyl sites for hydroxylation is 3. The Labute approximate surface area is 673 Å². The summed E-state index contributed by atoms with van der Waals surface area (Å²) >= 11 is 8.48. The van der Waals surface area contributed by atoms with E-state index in [0.717, 1.165) is 179 Å². The van der Waals surface area contributed by atoms with Gasteiger partial charge in [-0.05, 0) is 218 Å². The van der Waals surface area contributed by atoms with Gasteiger partial charge in [0.15, 0.2) is 78.3 Å². The van der Waals surface area contributed by atoms with Gasteiger partial charge in [-0.1, -0.05) is 27.7 Å². The van der Waals surface area contributed by atoms with Gasteiger partial charge in [0.1, 0.15) is 58.7 Å². The van der Waals surface area contributed by atoms with Crippen LogP contribution < -0.4 is 32.4 Å². The number of ether oxygens (including phenoxy) is 6. The van der Waals surface area contributed by atoms with Crippen molar-refractivity contribution in [3.63, 3.8) is 0 Å². The summed E-state index contributed by atoms with van der Waals surface area (Å²) in [7, 11) is 0. The fourth-order valence-electron chi connectivity index (χ4n) is 13.3. The lowest BCUT2D eigenvalue weighted by Gasteiger charge is -2.33. The van der Waals surface area contributed by atoms with Crippen molar-refractivity contribution in [1.82, 2.24) is 98.1 Å². The van der Waals surface area contributed by atoms with E-state index in [-0.39, 0.29) is 36.8 Å². The summed E-state index contributed by atoms with van der Waals surface area (Å²) in [4.78, 5) is 110. The number of likely N-dealkylation sites (tertiary alicyclic amines) is 4. The molecule has 4 fully saturated rings. The Morgan fingerprint density at radius 2 is 0.884 bits per heavy atom. The summed E-state index contributed by atoms with van der Waals surface area (Å²) in [5.41, 5.74) is 27.0. The molecule has 9 N–H and O–H groups in total. The molecule has 0 spiro atoms. The number of anilines is 4. The molecular weight excluding hydrogens is 1590 g/mol. The number of hydrogen-bond donors (Lipinski definition) is 5. The van der Waals surface area contributed by atoms with Crippen molar-refractivity contribution in [3.05, 3.63) is 60.9 Å². The number of aromatic amines is 1. The highest BCUT2D eigenvalue weighted by Crippen LogP contribution is 2.40. The molecule has 34 nitrogen and oxygen atoms in total. The zero-order valence-electron chi connectivity index (χ0n) is 66.2. The van der Waals surface area contributed by atoms with Crippen molar-refractivity contribution >= 4 is 136 Å². The predicted octanol–water partition coefficient (Wildman–Crippen LogP) is 13.3. The molecule has 0 atom stereocenters. The molecule has 0 unspecified atom stereocenters.